The minimum absolute atomic E-state index is 0.0581. The van der Waals surface area contributed by atoms with E-state index in [2.05, 4.69) is 26.2 Å². The smallest absolute Gasteiger partial charge is 0.270 e. The van der Waals surface area contributed by atoms with E-state index in [9.17, 15) is 10.1 Å². The van der Waals surface area contributed by atoms with Crippen molar-refractivity contribution in [2.24, 2.45) is 0 Å². The molecule has 29 heavy (non-hydrogen) atoms. The average molecular weight is 430 g/mol. The van der Waals surface area contributed by atoms with Crippen LogP contribution in [0.2, 0.25) is 0 Å². The molecular formula is C19H19N5O3S2. The van der Waals surface area contributed by atoms with Gasteiger partial charge in [0.05, 0.1) is 27.9 Å². The summed E-state index contributed by atoms with van der Waals surface area (Å²) in [6, 6.07) is 12.6. The molecule has 1 saturated heterocycles. The third-order valence-electron chi connectivity index (χ3n) is 4.79. The Balaban J connectivity index is 1.40. The van der Waals surface area contributed by atoms with Gasteiger partial charge in [0.1, 0.15) is 5.75 Å². The number of thiazole rings is 1. The van der Waals surface area contributed by atoms with Crippen LogP contribution in [0.15, 0.2) is 42.5 Å². The first-order valence-corrected chi connectivity index (χ1v) is 10.3. The Morgan fingerprint density at radius 2 is 2.00 bits per heavy atom. The maximum absolute atomic E-state index is 10.9. The molecule has 0 amide bonds. The molecule has 1 aliphatic rings. The van der Waals surface area contributed by atoms with Crippen LogP contribution in [0.3, 0.4) is 0 Å². The van der Waals surface area contributed by atoms with E-state index in [0.717, 1.165) is 42.3 Å². The lowest BCUT2D eigenvalue weighted by Crippen LogP contribution is -2.50. The molecule has 150 valence electrons. The van der Waals surface area contributed by atoms with Crippen LogP contribution >= 0.6 is 23.6 Å². The minimum atomic E-state index is -0.405. The molecule has 10 heteroatoms. The largest absolute Gasteiger partial charge is 0.495 e. The van der Waals surface area contributed by atoms with E-state index in [-0.39, 0.29) is 5.69 Å². The van der Waals surface area contributed by atoms with E-state index in [4.69, 9.17) is 17.0 Å². The minimum Gasteiger partial charge on any atom is -0.495 e. The first kappa shape index (κ1) is 19.3. The van der Waals surface area contributed by atoms with E-state index in [1.807, 2.05) is 18.2 Å². The standard InChI is InChI=1S/C19H19N5O3S2/c1-27-16-5-3-2-4-15(16)22-8-10-23(11-9-22)19(28)21-18-20-14-7-6-13(24(25)26)12-17(14)29-18/h2-7,12H,8-11H2,1H3,(H,20,21,28). The van der Waals surface area contributed by atoms with Gasteiger partial charge in [-0.2, -0.15) is 0 Å². The molecule has 0 spiro atoms. The second-order valence-electron chi connectivity index (χ2n) is 6.50. The van der Waals surface area contributed by atoms with Gasteiger partial charge in [0.2, 0.25) is 0 Å². The fraction of sp³-hybridized carbons (Fsp3) is 0.263. The van der Waals surface area contributed by atoms with E-state index in [1.165, 1.54) is 23.5 Å². The maximum atomic E-state index is 10.9. The molecular weight excluding hydrogens is 410 g/mol. The lowest BCUT2D eigenvalue weighted by atomic mass is 10.2. The highest BCUT2D eigenvalue weighted by molar-refractivity contribution is 7.80. The molecule has 1 aromatic heterocycles. The molecule has 3 aromatic rings. The SMILES string of the molecule is COc1ccccc1N1CCN(C(=S)Nc2nc3ccc([N+](=O)[O-])cc3s2)CC1. The highest BCUT2D eigenvalue weighted by atomic mass is 32.1. The van der Waals surface area contributed by atoms with Gasteiger partial charge in [0.25, 0.3) is 5.69 Å². The monoisotopic (exact) mass is 429 g/mol. The Morgan fingerprint density at radius 1 is 1.24 bits per heavy atom. The Hall–Kier alpha value is -2.98. The van der Waals surface area contributed by atoms with Gasteiger partial charge in [-0.05, 0) is 30.4 Å². The van der Waals surface area contributed by atoms with Gasteiger partial charge in [-0.15, -0.1) is 0 Å². The summed E-state index contributed by atoms with van der Waals surface area (Å²) in [5.41, 5.74) is 1.86. The molecule has 1 N–H and O–H groups in total. The number of nitro groups is 1. The second-order valence-corrected chi connectivity index (χ2v) is 7.92. The van der Waals surface area contributed by atoms with E-state index < -0.39 is 4.92 Å². The highest BCUT2D eigenvalue weighted by Gasteiger charge is 2.22. The zero-order chi connectivity index (χ0) is 20.4. The van der Waals surface area contributed by atoms with Gasteiger partial charge < -0.3 is 19.9 Å². The number of aromatic nitrogens is 1. The van der Waals surface area contributed by atoms with Crippen molar-refractivity contribution in [2.45, 2.75) is 0 Å². The van der Waals surface area contributed by atoms with Crippen LogP contribution in [-0.4, -0.2) is 53.2 Å². The first-order chi connectivity index (χ1) is 14.0. The van der Waals surface area contributed by atoms with Crippen LogP contribution in [0.1, 0.15) is 0 Å². The molecule has 0 atom stereocenters. The first-order valence-electron chi connectivity index (χ1n) is 9.04. The van der Waals surface area contributed by atoms with Crippen molar-refractivity contribution >= 4 is 55.4 Å². The van der Waals surface area contributed by atoms with Crippen molar-refractivity contribution in [1.82, 2.24) is 9.88 Å². The third kappa shape index (κ3) is 4.08. The number of hydrogen-bond acceptors (Lipinski definition) is 7. The van der Waals surface area contributed by atoms with Crippen molar-refractivity contribution < 1.29 is 9.66 Å². The summed E-state index contributed by atoms with van der Waals surface area (Å²) in [4.78, 5) is 19.4. The number of benzene rings is 2. The fourth-order valence-corrected chi connectivity index (χ4v) is 4.53. The Kier molecular flexibility index (Phi) is 5.45. The summed E-state index contributed by atoms with van der Waals surface area (Å²) in [6.45, 7) is 3.21. The van der Waals surface area contributed by atoms with Crippen molar-refractivity contribution in [3.05, 3.63) is 52.6 Å². The second kappa shape index (κ2) is 8.18. The fourth-order valence-electron chi connectivity index (χ4n) is 3.29. The van der Waals surface area contributed by atoms with Crippen molar-refractivity contribution in [2.75, 3.05) is 43.5 Å². The summed E-state index contributed by atoms with van der Waals surface area (Å²) in [6.07, 6.45) is 0. The summed E-state index contributed by atoms with van der Waals surface area (Å²) in [5, 5.41) is 15.4. The summed E-state index contributed by atoms with van der Waals surface area (Å²) >= 11 is 6.92. The van der Waals surface area contributed by atoms with Gasteiger partial charge in [0, 0.05) is 38.3 Å². The highest BCUT2D eigenvalue weighted by Crippen LogP contribution is 2.30. The number of fused-ring (bicyclic) bond motifs is 1. The normalized spacial score (nSPS) is 14.1. The number of ether oxygens (including phenoxy) is 1. The molecule has 1 aliphatic heterocycles. The summed E-state index contributed by atoms with van der Waals surface area (Å²) < 4.78 is 6.22. The summed E-state index contributed by atoms with van der Waals surface area (Å²) in [5.74, 6) is 0.866. The van der Waals surface area contributed by atoms with Crippen LogP contribution in [0.4, 0.5) is 16.5 Å². The van der Waals surface area contributed by atoms with Gasteiger partial charge in [-0.3, -0.25) is 10.1 Å². The van der Waals surface area contributed by atoms with Crippen LogP contribution in [0.25, 0.3) is 10.2 Å². The zero-order valence-corrected chi connectivity index (χ0v) is 17.3. The Bertz CT molecular complexity index is 1060. The molecule has 4 rings (SSSR count). The van der Waals surface area contributed by atoms with E-state index >= 15 is 0 Å². The van der Waals surface area contributed by atoms with Crippen LogP contribution < -0.4 is 15.0 Å². The lowest BCUT2D eigenvalue weighted by molar-refractivity contribution is -0.384. The quantitative estimate of drug-likeness (QED) is 0.382. The number of nitrogens with one attached hydrogen (secondary N) is 1. The van der Waals surface area contributed by atoms with Crippen molar-refractivity contribution in [1.29, 1.82) is 0 Å². The maximum Gasteiger partial charge on any atom is 0.270 e. The average Bonchev–Trinajstić information content (AvgIpc) is 3.15. The van der Waals surface area contributed by atoms with Crippen LogP contribution in [0, 0.1) is 10.1 Å². The molecule has 0 radical (unpaired) electrons. The molecule has 2 heterocycles. The van der Waals surface area contributed by atoms with Gasteiger partial charge in [0.15, 0.2) is 10.2 Å². The number of piperazine rings is 1. The molecule has 0 aliphatic carbocycles. The number of hydrogen-bond donors (Lipinski definition) is 1. The predicted octanol–water partition coefficient (Wildman–Crippen LogP) is 3.73. The molecule has 0 bridgehead atoms. The molecule has 0 saturated carbocycles. The number of nitro benzene ring substituents is 1. The molecule has 1 fully saturated rings. The molecule has 8 nitrogen and oxygen atoms in total. The number of non-ortho nitro benzene ring substituents is 1. The third-order valence-corrected chi connectivity index (χ3v) is 6.08. The van der Waals surface area contributed by atoms with Crippen LogP contribution in [0.5, 0.6) is 5.75 Å². The van der Waals surface area contributed by atoms with Gasteiger partial charge >= 0.3 is 0 Å². The zero-order valence-electron chi connectivity index (χ0n) is 15.7. The van der Waals surface area contributed by atoms with Crippen molar-refractivity contribution in [3.8, 4) is 5.75 Å². The topological polar surface area (TPSA) is 83.8 Å². The van der Waals surface area contributed by atoms with Crippen molar-refractivity contribution in [3.63, 3.8) is 0 Å². The number of anilines is 2. The number of para-hydroxylation sites is 2. The van der Waals surface area contributed by atoms with Gasteiger partial charge in [-0.1, -0.05) is 23.5 Å². The summed E-state index contributed by atoms with van der Waals surface area (Å²) in [7, 11) is 1.68. The van der Waals surface area contributed by atoms with Gasteiger partial charge in [-0.25, -0.2) is 4.98 Å². The molecule has 0 unspecified atom stereocenters. The van der Waals surface area contributed by atoms with Crippen LogP contribution in [-0.2, 0) is 0 Å². The Morgan fingerprint density at radius 3 is 2.72 bits per heavy atom. The predicted molar refractivity (Wildman–Crippen MR) is 119 cm³/mol. The van der Waals surface area contributed by atoms with E-state index in [1.54, 1.807) is 13.2 Å². The number of thiocarbonyl (C=S) groups is 1. The molecule has 2 aromatic carbocycles. The Labute approximate surface area is 176 Å². The lowest BCUT2D eigenvalue weighted by Gasteiger charge is -2.37. The number of rotatable bonds is 4. The van der Waals surface area contributed by atoms with E-state index in [0.29, 0.717) is 15.8 Å². The number of methoxy groups -OCH3 is 1. The number of nitrogens with zero attached hydrogens (tertiary/aromatic N) is 4.